The van der Waals surface area contributed by atoms with Crippen LogP contribution in [-0.4, -0.2) is 10.9 Å². The smallest absolute Gasteiger partial charge is 0.256 e. The number of rotatable bonds is 3. The van der Waals surface area contributed by atoms with Crippen LogP contribution in [0.25, 0.3) is 22.2 Å². The van der Waals surface area contributed by atoms with Crippen molar-refractivity contribution in [3.8, 4) is 11.3 Å². The van der Waals surface area contributed by atoms with Crippen LogP contribution in [0.2, 0.25) is 10.0 Å². The minimum absolute atomic E-state index is 0.252. The Morgan fingerprint density at radius 3 is 2.39 bits per heavy atom. The van der Waals surface area contributed by atoms with Gasteiger partial charge in [0.25, 0.3) is 5.91 Å². The molecule has 0 aliphatic heterocycles. The Kier molecular flexibility index (Phi) is 5.03. The molecule has 0 aliphatic carbocycles. The SMILES string of the molecule is Cc1c(-c2ccccc2)nc2ccccc2c1C(=O)Nc1cccc(Cl)c1Cl. The van der Waals surface area contributed by atoms with Crippen LogP contribution < -0.4 is 5.32 Å². The number of halogens is 2. The van der Waals surface area contributed by atoms with Crippen molar-refractivity contribution in [2.24, 2.45) is 0 Å². The molecule has 138 valence electrons. The number of hydrogen-bond donors (Lipinski definition) is 1. The van der Waals surface area contributed by atoms with Crippen LogP contribution in [0, 0.1) is 6.92 Å². The lowest BCUT2D eigenvalue weighted by Crippen LogP contribution is -2.15. The summed E-state index contributed by atoms with van der Waals surface area (Å²) in [7, 11) is 0. The molecule has 1 heterocycles. The highest BCUT2D eigenvalue weighted by molar-refractivity contribution is 6.44. The molecule has 3 aromatic carbocycles. The summed E-state index contributed by atoms with van der Waals surface area (Å²) in [5.41, 5.74) is 4.35. The lowest BCUT2D eigenvalue weighted by atomic mass is 9.97. The maximum atomic E-state index is 13.3. The summed E-state index contributed by atoms with van der Waals surface area (Å²) < 4.78 is 0. The Morgan fingerprint density at radius 1 is 0.893 bits per heavy atom. The number of amides is 1. The van der Waals surface area contributed by atoms with Gasteiger partial charge in [0.2, 0.25) is 0 Å². The van der Waals surface area contributed by atoms with Crippen molar-refractivity contribution in [2.75, 3.05) is 5.32 Å². The first-order chi connectivity index (χ1) is 13.6. The number of hydrogen-bond acceptors (Lipinski definition) is 2. The lowest BCUT2D eigenvalue weighted by molar-refractivity contribution is 0.102. The Bertz CT molecular complexity index is 1190. The van der Waals surface area contributed by atoms with Gasteiger partial charge in [0.15, 0.2) is 0 Å². The highest BCUT2D eigenvalue weighted by atomic mass is 35.5. The van der Waals surface area contributed by atoms with E-state index in [1.54, 1.807) is 18.2 Å². The van der Waals surface area contributed by atoms with Crippen molar-refractivity contribution in [3.05, 3.63) is 94.0 Å². The molecular weight excluding hydrogens is 391 g/mol. The van der Waals surface area contributed by atoms with E-state index < -0.39 is 0 Å². The number of benzene rings is 3. The van der Waals surface area contributed by atoms with E-state index >= 15 is 0 Å². The zero-order valence-corrected chi connectivity index (χ0v) is 16.6. The van der Waals surface area contributed by atoms with Gasteiger partial charge in [-0.2, -0.15) is 0 Å². The average Bonchev–Trinajstić information content (AvgIpc) is 2.71. The zero-order valence-electron chi connectivity index (χ0n) is 15.0. The minimum atomic E-state index is -0.252. The fourth-order valence-corrected chi connectivity index (χ4v) is 3.61. The van der Waals surface area contributed by atoms with Gasteiger partial charge in [-0.25, -0.2) is 4.98 Å². The minimum Gasteiger partial charge on any atom is -0.321 e. The van der Waals surface area contributed by atoms with Gasteiger partial charge in [0.05, 0.1) is 32.5 Å². The number of carbonyl (C=O) groups excluding carboxylic acids is 1. The highest BCUT2D eigenvalue weighted by Gasteiger charge is 2.20. The van der Waals surface area contributed by atoms with Crippen molar-refractivity contribution in [3.63, 3.8) is 0 Å². The fraction of sp³-hybridized carbons (Fsp3) is 0.0435. The van der Waals surface area contributed by atoms with Crippen molar-refractivity contribution in [2.45, 2.75) is 6.92 Å². The second-order valence-corrected chi connectivity index (χ2v) is 7.18. The van der Waals surface area contributed by atoms with E-state index in [1.807, 2.05) is 61.5 Å². The summed E-state index contributed by atoms with van der Waals surface area (Å²) in [6.45, 7) is 1.91. The standard InChI is InChI=1S/C23H16Cl2N2O/c1-14-20(23(28)27-19-13-7-11-17(24)21(19)25)16-10-5-6-12-18(16)26-22(14)15-8-3-2-4-9-15/h2-13H,1H3,(H,27,28). The maximum Gasteiger partial charge on any atom is 0.256 e. The van der Waals surface area contributed by atoms with Crippen LogP contribution in [0.3, 0.4) is 0 Å². The maximum absolute atomic E-state index is 13.3. The van der Waals surface area contributed by atoms with Gasteiger partial charge in [-0.15, -0.1) is 0 Å². The Morgan fingerprint density at radius 2 is 1.61 bits per heavy atom. The third-order valence-corrected chi connectivity index (χ3v) is 5.43. The largest absolute Gasteiger partial charge is 0.321 e. The van der Waals surface area contributed by atoms with E-state index in [0.29, 0.717) is 21.3 Å². The average molecular weight is 407 g/mol. The molecule has 0 saturated carbocycles. The zero-order chi connectivity index (χ0) is 19.7. The normalized spacial score (nSPS) is 10.8. The molecule has 3 nitrogen and oxygen atoms in total. The number of carbonyl (C=O) groups is 1. The first-order valence-corrected chi connectivity index (χ1v) is 9.52. The molecule has 1 N–H and O–H groups in total. The molecule has 1 aromatic heterocycles. The molecule has 0 unspecified atom stereocenters. The number of fused-ring (bicyclic) bond motifs is 1. The summed E-state index contributed by atoms with van der Waals surface area (Å²) in [5, 5.41) is 4.39. The van der Waals surface area contributed by atoms with E-state index in [-0.39, 0.29) is 5.91 Å². The molecule has 5 heteroatoms. The third kappa shape index (κ3) is 3.35. The monoisotopic (exact) mass is 406 g/mol. The second-order valence-electron chi connectivity index (χ2n) is 6.40. The summed E-state index contributed by atoms with van der Waals surface area (Å²) in [6.07, 6.45) is 0. The first-order valence-electron chi connectivity index (χ1n) is 8.76. The molecule has 0 radical (unpaired) electrons. The van der Waals surface area contributed by atoms with Gasteiger partial charge < -0.3 is 5.32 Å². The van der Waals surface area contributed by atoms with E-state index in [9.17, 15) is 4.79 Å². The van der Waals surface area contributed by atoms with Gasteiger partial charge in [0.1, 0.15) is 0 Å². The second kappa shape index (κ2) is 7.63. The predicted molar refractivity (Wildman–Crippen MR) is 116 cm³/mol. The van der Waals surface area contributed by atoms with Crippen LogP contribution in [0.4, 0.5) is 5.69 Å². The summed E-state index contributed by atoms with van der Waals surface area (Å²) in [4.78, 5) is 18.1. The number of anilines is 1. The molecule has 4 aromatic rings. The van der Waals surface area contributed by atoms with Crippen LogP contribution in [0.1, 0.15) is 15.9 Å². The molecule has 0 aliphatic rings. The summed E-state index contributed by atoms with van der Waals surface area (Å²) >= 11 is 12.3. The number of para-hydroxylation sites is 1. The highest BCUT2D eigenvalue weighted by Crippen LogP contribution is 2.33. The molecule has 4 rings (SSSR count). The summed E-state index contributed by atoms with van der Waals surface area (Å²) in [5.74, 6) is -0.252. The molecule has 0 fully saturated rings. The molecule has 0 bridgehead atoms. The number of pyridine rings is 1. The third-order valence-electron chi connectivity index (χ3n) is 4.61. The number of nitrogens with one attached hydrogen (secondary N) is 1. The fourth-order valence-electron chi connectivity index (χ4n) is 3.26. The molecule has 1 amide bonds. The first kappa shape index (κ1) is 18.5. The molecular formula is C23H16Cl2N2O. The number of aromatic nitrogens is 1. The molecule has 0 saturated heterocycles. The Hall–Kier alpha value is -2.88. The van der Waals surface area contributed by atoms with Gasteiger partial charge in [-0.3, -0.25) is 4.79 Å². The van der Waals surface area contributed by atoms with Crippen molar-refractivity contribution >= 4 is 45.7 Å². The van der Waals surface area contributed by atoms with Crippen LogP contribution in [0.15, 0.2) is 72.8 Å². The van der Waals surface area contributed by atoms with E-state index in [4.69, 9.17) is 28.2 Å². The van der Waals surface area contributed by atoms with Crippen LogP contribution in [0.5, 0.6) is 0 Å². The van der Waals surface area contributed by atoms with E-state index in [2.05, 4.69) is 5.32 Å². The quantitative estimate of drug-likeness (QED) is 0.407. The van der Waals surface area contributed by atoms with E-state index in [0.717, 1.165) is 27.7 Å². The van der Waals surface area contributed by atoms with Gasteiger partial charge in [-0.1, -0.05) is 77.8 Å². The lowest BCUT2D eigenvalue weighted by Gasteiger charge is -2.15. The van der Waals surface area contributed by atoms with Gasteiger partial charge in [-0.05, 0) is 30.7 Å². The topological polar surface area (TPSA) is 42.0 Å². The van der Waals surface area contributed by atoms with Crippen molar-refractivity contribution in [1.82, 2.24) is 4.98 Å². The molecule has 0 atom stereocenters. The van der Waals surface area contributed by atoms with Crippen molar-refractivity contribution in [1.29, 1.82) is 0 Å². The Labute approximate surface area is 172 Å². The molecule has 28 heavy (non-hydrogen) atoms. The van der Waals surface area contributed by atoms with Crippen LogP contribution in [-0.2, 0) is 0 Å². The summed E-state index contributed by atoms with van der Waals surface area (Å²) in [6, 6.07) is 22.6. The number of nitrogens with zero attached hydrogens (tertiary/aromatic N) is 1. The van der Waals surface area contributed by atoms with Crippen LogP contribution >= 0.6 is 23.2 Å². The molecule has 0 spiro atoms. The van der Waals surface area contributed by atoms with E-state index in [1.165, 1.54) is 0 Å². The van der Waals surface area contributed by atoms with Crippen molar-refractivity contribution < 1.29 is 4.79 Å². The van der Waals surface area contributed by atoms with Gasteiger partial charge >= 0.3 is 0 Å². The van der Waals surface area contributed by atoms with Gasteiger partial charge in [0, 0.05) is 10.9 Å². The predicted octanol–water partition coefficient (Wildman–Crippen LogP) is 6.77. The Balaban J connectivity index is 1.89.